The molecule has 2 heterocycles. The van der Waals surface area contributed by atoms with Gasteiger partial charge in [-0.15, -0.1) is 0 Å². The van der Waals surface area contributed by atoms with Gasteiger partial charge in [0.1, 0.15) is 11.6 Å². The van der Waals surface area contributed by atoms with E-state index >= 15 is 0 Å². The molecular weight excluding hydrogens is 352 g/mol. The lowest BCUT2D eigenvalue weighted by molar-refractivity contribution is -0.120. The van der Waals surface area contributed by atoms with Crippen molar-refractivity contribution in [2.75, 3.05) is 10.6 Å². The number of carbonyl (C=O) groups excluding carboxylic acids is 1. The first-order valence-corrected chi connectivity index (χ1v) is 9.71. The highest BCUT2D eigenvalue weighted by atomic mass is 16.1. The highest BCUT2D eigenvalue weighted by Crippen LogP contribution is 2.25. The fourth-order valence-corrected chi connectivity index (χ4v) is 3.53. The highest BCUT2D eigenvalue weighted by molar-refractivity contribution is 5.92. The molecule has 1 aliphatic rings. The molecule has 0 radical (unpaired) electrons. The smallest absolute Gasteiger partial charge is 0.227 e. The van der Waals surface area contributed by atoms with Crippen molar-refractivity contribution in [1.82, 2.24) is 19.7 Å². The van der Waals surface area contributed by atoms with E-state index in [2.05, 4.69) is 25.7 Å². The molecule has 1 amide bonds. The van der Waals surface area contributed by atoms with Crippen LogP contribution >= 0.6 is 0 Å². The van der Waals surface area contributed by atoms with Crippen LogP contribution in [0.15, 0.2) is 48.8 Å². The van der Waals surface area contributed by atoms with Gasteiger partial charge in [-0.2, -0.15) is 5.10 Å². The zero-order chi connectivity index (χ0) is 19.3. The first kappa shape index (κ1) is 18.2. The summed E-state index contributed by atoms with van der Waals surface area (Å²) in [5.74, 6) is 2.34. The van der Waals surface area contributed by atoms with Crippen molar-refractivity contribution in [1.29, 1.82) is 0 Å². The van der Waals surface area contributed by atoms with E-state index in [1.54, 1.807) is 10.9 Å². The molecule has 28 heavy (non-hydrogen) atoms. The van der Waals surface area contributed by atoms with Gasteiger partial charge >= 0.3 is 0 Å². The topological polar surface area (TPSA) is 84.7 Å². The SMILES string of the molecule is Cc1nc(Nc2ccc(NC(=O)C3CCCCC3)cc2)cc(-n2cccn2)n1. The average molecular weight is 376 g/mol. The number of hydrogen-bond acceptors (Lipinski definition) is 5. The lowest BCUT2D eigenvalue weighted by atomic mass is 9.88. The molecule has 0 atom stereocenters. The van der Waals surface area contributed by atoms with Crippen LogP contribution in [0.5, 0.6) is 0 Å². The van der Waals surface area contributed by atoms with Gasteiger partial charge in [-0.1, -0.05) is 19.3 Å². The molecule has 0 spiro atoms. The Morgan fingerprint density at radius 2 is 1.82 bits per heavy atom. The predicted octanol–water partition coefficient (Wildman–Crippen LogP) is 4.23. The molecule has 2 N–H and O–H groups in total. The van der Waals surface area contributed by atoms with Gasteiger partial charge in [0.15, 0.2) is 5.82 Å². The number of rotatable bonds is 5. The van der Waals surface area contributed by atoms with Crippen LogP contribution in [-0.4, -0.2) is 25.7 Å². The molecule has 1 aromatic carbocycles. The number of amides is 1. The number of hydrogen-bond donors (Lipinski definition) is 2. The summed E-state index contributed by atoms with van der Waals surface area (Å²) in [5, 5.41) is 10.5. The quantitative estimate of drug-likeness (QED) is 0.696. The number of nitrogens with one attached hydrogen (secondary N) is 2. The first-order valence-electron chi connectivity index (χ1n) is 9.71. The van der Waals surface area contributed by atoms with Crippen molar-refractivity contribution in [3.05, 3.63) is 54.6 Å². The van der Waals surface area contributed by atoms with Crippen molar-refractivity contribution in [3.63, 3.8) is 0 Å². The summed E-state index contributed by atoms with van der Waals surface area (Å²) in [6, 6.07) is 11.4. The van der Waals surface area contributed by atoms with Crippen LogP contribution < -0.4 is 10.6 Å². The Bertz CT molecular complexity index is 930. The molecule has 0 aliphatic heterocycles. The van der Waals surface area contributed by atoms with Crippen LogP contribution in [0.25, 0.3) is 5.82 Å². The molecule has 1 saturated carbocycles. The summed E-state index contributed by atoms with van der Waals surface area (Å²) in [5.41, 5.74) is 1.71. The second-order valence-corrected chi connectivity index (χ2v) is 7.14. The minimum absolute atomic E-state index is 0.135. The minimum atomic E-state index is 0.135. The van der Waals surface area contributed by atoms with Crippen LogP contribution in [-0.2, 0) is 4.79 Å². The number of anilines is 3. The van der Waals surface area contributed by atoms with Crippen molar-refractivity contribution >= 4 is 23.1 Å². The zero-order valence-electron chi connectivity index (χ0n) is 15.9. The summed E-state index contributed by atoms with van der Waals surface area (Å²) in [4.78, 5) is 21.2. The van der Waals surface area contributed by atoms with Crippen LogP contribution in [0, 0.1) is 12.8 Å². The van der Waals surface area contributed by atoms with Gasteiger partial charge in [0, 0.05) is 35.8 Å². The minimum Gasteiger partial charge on any atom is -0.340 e. The first-order chi connectivity index (χ1) is 13.7. The van der Waals surface area contributed by atoms with Crippen molar-refractivity contribution in [3.8, 4) is 5.82 Å². The number of benzene rings is 1. The lowest BCUT2D eigenvalue weighted by Gasteiger charge is -2.20. The Morgan fingerprint density at radius 1 is 1.07 bits per heavy atom. The maximum absolute atomic E-state index is 12.4. The maximum Gasteiger partial charge on any atom is 0.227 e. The Balaban J connectivity index is 1.42. The van der Waals surface area contributed by atoms with Gasteiger partial charge in [0.05, 0.1) is 0 Å². The van der Waals surface area contributed by atoms with E-state index in [1.807, 2.05) is 49.5 Å². The number of aromatic nitrogens is 4. The number of nitrogens with zero attached hydrogens (tertiary/aromatic N) is 4. The second kappa shape index (κ2) is 8.21. The summed E-state index contributed by atoms with van der Waals surface area (Å²) in [6.07, 6.45) is 9.10. The van der Waals surface area contributed by atoms with Crippen molar-refractivity contribution in [2.45, 2.75) is 39.0 Å². The molecule has 1 aliphatic carbocycles. The van der Waals surface area contributed by atoms with E-state index in [9.17, 15) is 4.79 Å². The molecule has 144 valence electrons. The molecule has 0 unspecified atom stereocenters. The Labute approximate surface area is 164 Å². The third kappa shape index (κ3) is 4.36. The normalized spacial score (nSPS) is 14.6. The monoisotopic (exact) mass is 376 g/mol. The highest BCUT2D eigenvalue weighted by Gasteiger charge is 2.20. The Morgan fingerprint density at radius 3 is 2.54 bits per heavy atom. The zero-order valence-corrected chi connectivity index (χ0v) is 15.9. The molecule has 3 aromatic rings. The van der Waals surface area contributed by atoms with E-state index in [4.69, 9.17) is 0 Å². The molecular formula is C21H24N6O. The van der Waals surface area contributed by atoms with Gasteiger partial charge in [-0.3, -0.25) is 4.79 Å². The fourth-order valence-electron chi connectivity index (χ4n) is 3.53. The van der Waals surface area contributed by atoms with Gasteiger partial charge in [0.2, 0.25) is 5.91 Å². The van der Waals surface area contributed by atoms with E-state index in [0.29, 0.717) is 17.5 Å². The van der Waals surface area contributed by atoms with Crippen LogP contribution in [0.3, 0.4) is 0 Å². The molecule has 4 rings (SSSR count). The molecule has 0 bridgehead atoms. The maximum atomic E-state index is 12.4. The van der Waals surface area contributed by atoms with E-state index in [0.717, 1.165) is 37.1 Å². The summed E-state index contributed by atoms with van der Waals surface area (Å²) < 4.78 is 1.70. The molecule has 0 saturated heterocycles. The van der Waals surface area contributed by atoms with Gasteiger partial charge in [0.25, 0.3) is 0 Å². The predicted molar refractivity (Wildman–Crippen MR) is 109 cm³/mol. The number of aryl methyl sites for hydroxylation is 1. The molecule has 2 aromatic heterocycles. The Hall–Kier alpha value is -3.22. The van der Waals surface area contributed by atoms with Crippen LogP contribution in [0.1, 0.15) is 37.9 Å². The fraction of sp³-hybridized carbons (Fsp3) is 0.333. The van der Waals surface area contributed by atoms with Gasteiger partial charge in [-0.05, 0) is 50.1 Å². The molecule has 1 fully saturated rings. The molecule has 7 heteroatoms. The third-order valence-corrected chi connectivity index (χ3v) is 4.96. The van der Waals surface area contributed by atoms with E-state index in [1.165, 1.54) is 6.42 Å². The second-order valence-electron chi connectivity index (χ2n) is 7.14. The Kier molecular flexibility index (Phi) is 5.32. The van der Waals surface area contributed by atoms with Gasteiger partial charge in [-0.25, -0.2) is 14.6 Å². The summed E-state index contributed by atoms with van der Waals surface area (Å²) in [7, 11) is 0. The summed E-state index contributed by atoms with van der Waals surface area (Å²) in [6.45, 7) is 1.85. The number of carbonyl (C=O) groups is 1. The summed E-state index contributed by atoms with van der Waals surface area (Å²) >= 11 is 0. The average Bonchev–Trinajstić information content (AvgIpc) is 3.25. The van der Waals surface area contributed by atoms with Gasteiger partial charge < -0.3 is 10.6 Å². The van der Waals surface area contributed by atoms with E-state index < -0.39 is 0 Å². The van der Waals surface area contributed by atoms with Crippen LogP contribution in [0.2, 0.25) is 0 Å². The van der Waals surface area contributed by atoms with E-state index in [-0.39, 0.29) is 11.8 Å². The van der Waals surface area contributed by atoms with Crippen LogP contribution in [0.4, 0.5) is 17.2 Å². The molecule has 7 nitrogen and oxygen atoms in total. The largest absolute Gasteiger partial charge is 0.340 e. The standard InChI is InChI=1S/C21H24N6O/c1-15-23-19(14-20(24-15)27-13-5-12-22-27)25-17-8-10-18(11-9-17)26-21(28)16-6-3-2-4-7-16/h5,8-14,16H,2-4,6-7H2,1H3,(H,26,28)(H,23,24,25). The van der Waals surface area contributed by atoms with Crippen molar-refractivity contribution in [2.24, 2.45) is 5.92 Å². The third-order valence-electron chi connectivity index (χ3n) is 4.96. The lowest BCUT2D eigenvalue weighted by Crippen LogP contribution is -2.24. The van der Waals surface area contributed by atoms with Crippen molar-refractivity contribution < 1.29 is 4.79 Å².